The molecule has 6 heteroatoms. The average Bonchev–Trinajstić information content (AvgIpc) is 2.98. The van der Waals surface area contributed by atoms with Crippen molar-refractivity contribution in [2.24, 2.45) is 0 Å². The number of hydrogen-bond acceptors (Lipinski definition) is 5. The number of amides is 1. The maximum absolute atomic E-state index is 13.0. The largest absolute Gasteiger partial charge is 0.507 e. The molecule has 0 bridgehead atoms. The Hall–Kier alpha value is -3.12. The van der Waals surface area contributed by atoms with Crippen molar-refractivity contribution < 1.29 is 19.4 Å². The van der Waals surface area contributed by atoms with E-state index < -0.39 is 17.7 Å². The highest BCUT2D eigenvalue weighted by Gasteiger charge is 2.45. The van der Waals surface area contributed by atoms with Crippen LogP contribution in [0.4, 0.5) is 0 Å². The number of likely N-dealkylation sites (tertiary alicyclic amines) is 1. The van der Waals surface area contributed by atoms with Gasteiger partial charge in [-0.3, -0.25) is 9.59 Å². The molecule has 2 aromatic carbocycles. The van der Waals surface area contributed by atoms with Gasteiger partial charge in [-0.15, -0.1) is 0 Å². The number of nitrogens with zero attached hydrogens (tertiary/aromatic N) is 2. The van der Waals surface area contributed by atoms with Crippen molar-refractivity contribution in [3.05, 3.63) is 70.8 Å². The minimum atomic E-state index is -0.660. The van der Waals surface area contributed by atoms with Crippen molar-refractivity contribution >= 4 is 17.4 Å². The Kier molecular flexibility index (Phi) is 6.57. The van der Waals surface area contributed by atoms with Crippen LogP contribution in [0, 0.1) is 6.92 Å². The third kappa shape index (κ3) is 4.39. The smallest absolute Gasteiger partial charge is 0.295 e. The zero-order chi connectivity index (χ0) is 21.8. The first-order valence-corrected chi connectivity index (χ1v) is 9.97. The number of methoxy groups -OCH3 is 1. The maximum Gasteiger partial charge on any atom is 0.295 e. The second-order valence-corrected chi connectivity index (χ2v) is 7.80. The van der Waals surface area contributed by atoms with E-state index in [1.165, 1.54) is 7.11 Å². The van der Waals surface area contributed by atoms with E-state index in [1.807, 2.05) is 50.2 Å². The van der Waals surface area contributed by atoms with E-state index in [9.17, 15) is 14.7 Å². The lowest BCUT2D eigenvalue weighted by atomic mass is 9.94. The molecule has 2 aromatic rings. The Bertz CT molecular complexity index is 981. The van der Waals surface area contributed by atoms with E-state index in [0.29, 0.717) is 17.9 Å². The van der Waals surface area contributed by atoms with Crippen LogP contribution in [0.25, 0.3) is 5.76 Å². The predicted molar refractivity (Wildman–Crippen MR) is 116 cm³/mol. The van der Waals surface area contributed by atoms with E-state index >= 15 is 0 Å². The first-order chi connectivity index (χ1) is 14.3. The fraction of sp³-hybridized carbons (Fsp3) is 0.333. The second-order valence-electron chi connectivity index (χ2n) is 7.80. The monoisotopic (exact) mass is 408 g/mol. The molecule has 1 atom stereocenters. The zero-order valence-corrected chi connectivity index (χ0v) is 17.9. The lowest BCUT2D eigenvalue weighted by Crippen LogP contribution is -2.32. The number of ketones is 1. The maximum atomic E-state index is 13.0. The first-order valence-electron chi connectivity index (χ1n) is 9.97. The fourth-order valence-corrected chi connectivity index (χ4v) is 3.78. The highest BCUT2D eigenvalue weighted by atomic mass is 16.5. The molecular formula is C24H28N2O4. The molecule has 1 fully saturated rings. The summed E-state index contributed by atoms with van der Waals surface area (Å²) in [4.78, 5) is 29.5. The molecule has 0 saturated carbocycles. The van der Waals surface area contributed by atoms with Crippen LogP contribution in [0.2, 0.25) is 0 Å². The van der Waals surface area contributed by atoms with Crippen LogP contribution >= 0.6 is 0 Å². The van der Waals surface area contributed by atoms with Crippen LogP contribution in [0.15, 0.2) is 54.1 Å². The highest BCUT2D eigenvalue weighted by Crippen LogP contribution is 2.40. The summed E-state index contributed by atoms with van der Waals surface area (Å²) in [5, 5.41) is 11.1. The Morgan fingerprint density at radius 1 is 1.13 bits per heavy atom. The minimum absolute atomic E-state index is 0.115. The van der Waals surface area contributed by atoms with E-state index in [2.05, 4.69) is 0 Å². The van der Waals surface area contributed by atoms with Crippen LogP contribution in [-0.4, -0.2) is 60.9 Å². The number of hydrogen-bond donors (Lipinski definition) is 1. The molecule has 1 N–H and O–H groups in total. The lowest BCUT2D eigenvalue weighted by Gasteiger charge is -2.26. The summed E-state index contributed by atoms with van der Waals surface area (Å²) in [6.07, 6.45) is 0.724. The van der Waals surface area contributed by atoms with Gasteiger partial charge < -0.3 is 19.6 Å². The second kappa shape index (κ2) is 9.13. The van der Waals surface area contributed by atoms with Gasteiger partial charge in [-0.2, -0.15) is 0 Å². The molecule has 1 aliphatic heterocycles. The molecule has 0 aromatic heterocycles. The lowest BCUT2D eigenvalue weighted by molar-refractivity contribution is -0.139. The SMILES string of the molecule is COc1cccc(/C(O)=C2/C(=O)C(=O)N(CCCN(C)C)C2c2cccc(C)c2)c1. The number of rotatable bonds is 7. The van der Waals surface area contributed by atoms with E-state index in [-0.39, 0.29) is 11.3 Å². The molecule has 1 saturated heterocycles. The van der Waals surface area contributed by atoms with Crippen LogP contribution in [0.5, 0.6) is 5.75 Å². The quantitative estimate of drug-likeness (QED) is 0.432. The standard InChI is InChI=1S/C24H28N2O4/c1-16-8-5-9-17(14-16)21-20(22(27)18-10-6-11-19(15-18)30-4)23(28)24(29)26(21)13-7-12-25(2)3/h5-6,8-11,14-15,21,27H,7,12-13H2,1-4H3/b22-20-. The molecular weight excluding hydrogens is 380 g/mol. The summed E-state index contributed by atoms with van der Waals surface area (Å²) in [5.41, 5.74) is 2.39. The molecule has 158 valence electrons. The van der Waals surface area contributed by atoms with Gasteiger partial charge in [0.15, 0.2) is 0 Å². The minimum Gasteiger partial charge on any atom is -0.507 e. The van der Waals surface area contributed by atoms with Crippen molar-refractivity contribution in [2.75, 3.05) is 34.3 Å². The Morgan fingerprint density at radius 2 is 1.87 bits per heavy atom. The Morgan fingerprint density at radius 3 is 2.53 bits per heavy atom. The van der Waals surface area contributed by atoms with Gasteiger partial charge >= 0.3 is 0 Å². The molecule has 6 nitrogen and oxygen atoms in total. The fourth-order valence-electron chi connectivity index (χ4n) is 3.78. The van der Waals surface area contributed by atoms with Gasteiger partial charge in [-0.25, -0.2) is 0 Å². The molecule has 0 radical (unpaired) electrons. The molecule has 3 rings (SSSR count). The number of ether oxygens (including phenoxy) is 1. The van der Waals surface area contributed by atoms with Gasteiger partial charge in [0.1, 0.15) is 11.5 Å². The topological polar surface area (TPSA) is 70.1 Å². The van der Waals surface area contributed by atoms with Crippen molar-refractivity contribution in [3.8, 4) is 5.75 Å². The third-order valence-corrected chi connectivity index (χ3v) is 5.25. The summed E-state index contributed by atoms with van der Waals surface area (Å²) in [6.45, 7) is 3.18. The van der Waals surface area contributed by atoms with Gasteiger partial charge in [0.25, 0.3) is 11.7 Å². The van der Waals surface area contributed by atoms with E-state index in [4.69, 9.17) is 4.74 Å². The van der Waals surface area contributed by atoms with Crippen LogP contribution in [-0.2, 0) is 9.59 Å². The highest BCUT2D eigenvalue weighted by molar-refractivity contribution is 6.46. The number of Topliss-reactive ketones (excluding diaryl/α,β-unsaturated/α-hetero) is 1. The molecule has 1 heterocycles. The predicted octanol–water partition coefficient (Wildman–Crippen LogP) is 3.38. The first kappa shape index (κ1) is 21.6. The number of carbonyl (C=O) groups excluding carboxylic acids is 2. The van der Waals surface area contributed by atoms with Gasteiger partial charge in [0, 0.05) is 12.1 Å². The van der Waals surface area contributed by atoms with Gasteiger partial charge in [-0.1, -0.05) is 42.0 Å². The zero-order valence-electron chi connectivity index (χ0n) is 17.9. The Labute approximate surface area is 177 Å². The van der Waals surface area contributed by atoms with Gasteiger partial charge in [0.2, 0.25) is 0 Å². The molecule has 1 aliphatic rings. The van der Waals surface area contributed by atoms with Crippen molar-refractivity contribution in [2.45, 2.75) is 19.4 Å². The number of aryl methyl sites for hydroxylation is 1. The summed E-state index contributed by atoms with van der Waals surface area (Å²) >= 11 is 0. The van der Waals surface area contributed by atoms with Gasteiger partial charge in [-0.05, 0) is 51.7 Å². The number of carbonyl (C=O) groups is 2. The Balaban J connectivity index is 2.11. The van der Waals surface area contributed by atoms with Crippen molar-refractivity contribution in [3.63, 3.8) is 0 Å². The molecule has 0 spiro atoms. The van der Waals surface area contributed by atoms with Crippen molar-refractivity contribution in [1.29, 1.82) is 0 Å². The molecule has 30 heavy (non-hydrogen) atoms. The van der Waals surface area contributed by atoms with Crippen LogP contribution in [0.3, 0.4) is 0 Å². The summed E-state index contributed by atoms with van der Waals surface area (Å²) < 4.78 is 5.24. The summed E-state index contributed by atoms with van der Waals surface area (Å²) in [6, 6.07) is 13.9. The number of benzene rings is 2. The summed E-state index contributed by atoms with van der Waals surface area (Å²) in [7, 11) is 5.47. The average molecular weight is 408 g/mol. The third-order valence-electron chi connectivity index (χ3n) is 5.25. The van der Waals surface area contributed by atoms with Crippen LogP contribution < -0.4 is 4.74 Å². The van der Waals surface area contributed by atoms with Gasteiger partial charge in [0.05, 0.1) is 18.7 Å². The normalized spacial score (nSPS) is 18.3. The summed E-state index contributed by atoms with van der Waals surface area (Å²) in [5.74, 6) is -0.864. The van der Waals surface area contributed by atoms with E-state index in [1.54, 1.807) is 29.2 Å². The number of aliphatic hydroxyl groups excluding tert-OH is 1. The van der Waals surface area contributed by atoms with Crippen LogP contribution in [0.1, 0.15) is 29.2 Å². The number of aliphatic hydroxyl groups is 1. The molecule has 1 unspecified atom stereocenters. The van der Waals surface area contributed by atoms with Crippen molar-refractivity contribution in [1.82, 2.24) is 9.80 Å². The van der Waals surface area contributed by atoms with E-state index in [0.717, 1.165) is 24.1 Å². The molecule has 1 amide bonds. The molecule has 0 aliphatic carbocycles.